The zero-order chi connectivity index (χ0) is 12.8. The fraction of sp³-hybridized carbons (Fsp3) is 0.273. The summed E-state index contributed by atoms with van der Waals surface area (Å²) in [6, 6.07) is 7.29. The first kappa shape index (κ1) is 13.9. The lowest BCUT2D eigenvalue weighted by Crippen LogP contribution is -2.26. The number of carboxylic acid groups (broad SMARTS) is 1. The number of carbonyl (C=O) groups excluding carboxylic acids is 1. The molecule has 1 atom stereocenters. The first-order chi connectivity index (χ1) is 8.00. The smallest absolute Gasteiger partial charge is 0.332 e. The Morgan fingerprint density at radius 3 is 2.71 bits per heavy atom. The Balaban J connectivity index is 2.46. The van der Waals surface area contributed by atoms with E-state index in [4.69, 9.17) is 9.84 Å². The molecule has 1 rings (SSSR count). The van der Waals surface area contributed by atoms with Gasteiger partial charge in [-0.2, -0.15) is 0 Å². The van der Waals surface area contributed by atoms with E-state index in [9.17, 15) is 9.59 Å². The first-order valence-electron chi connectivity index (χ1n) is 4.89. The third-order valence-electron chi connectivity index (χ3n) is 1.96. The van der Waals surface area contributed by atoms with Gasteiger partial charge in [-0.05, 0) is 41.6 Å². The predicted molar refractivity (Wildman–Crippen MR) is 70.8 cm³/mol. The van der Waals surface area contributed by atoms with Crippen LogP contribution < -0.4 is 5.32 Å². The fourth-order valence-electron chi connectivity index (χ4n) is 1.02. The Bertz CT molecular complexity index is 422. The van der Waals surface area contributed by atoms with Crippen LogP contribution in [0.15, 0.2) is 24.3 Å². The van der Waals surface area contributed by atoms with Crippen molar-refractivity contribution < 1.29 is 19.4 Å². The maximum Gasteiger partial charge on any atom is 0.332 e. The first-order valence-corrected chi connectivity index (χ1v) is 5.97. The van der Waals surface area contributed by atoms with Crippen LogP contribution in [0.25, 0.3) is 0 Å². The van der Waals surface area contributed by atoms with Gasteiger partial charge in [-0.15, -0.1) is 0 Å². The molecule has 0 heterocycles. The van der Waals surface area contributed by atoms with Crippen LogP contribution in [0.2, 0.25) is 0 Å². The lowest BCUT2D eigenvalue weighted by Gasteiger charge is -2.09. The van der Waals surface area contributed by atoms with Gasteiger partial charge in [0, 0.05) is 3.57 Å². The number of carbonyl (C=O) groups is 2. The van der Waals surface area contributed by atoms with Gasteiger partial charge in [0.2, 0.25) is 5.91 Å². The number of amides is 1. The molecule has 0 saturated heterocycles. The van der Waals surface area contributed by atoms with E-state index in [0.717, 1.165) is 3.57 Å². The summed E-state index contributed by atoms with van der Waals surface area (Å²) in [5.74, 6) is -1.46. The topological polar surface area (TPSA) is 75.6 Å². The third-order valence-corrected chi connectivity index (χ3v) is 2.90. The molecule has 0 radical (unpaired) electrons. The highest BCUT2D eigenvalue weighted by Gasteiger charge is 2.13. The number of nitrogens with one attached hydrogen (secondary N) is 1. The SMILES string of the molecule is C[C@H](OCC(=O)Nc1ccccc1I)C(=O)O. The van der Waals surface area contributed by atoms with Crippen molar-refractivity contribution in [3.05, 3.63) is 27.8 Å². The van der Waals surface area contributed by atoms with Crippen molar-refractivity contribution in [1.29, 1.82) is 0 Å². The second kappa shape index (κ2) is 6.55. The van der Waals surface area contributed by atoms with Crippen molar-refractivity contribution in [1.82, 2.24) is 0 Å². The minimum Gasteiger partial charge on any atom is -0.479 e. The Kier molecular flexibility index (Phi) is 5.36. The van der Waals surface area contributed by atoms with Crippen LogP contribution in [-0.4, -0.2) is 29.7 Å². The highest BCUT2D eigenvalue weighted by atomic mass is 127. The van der Waals surface area contributed by atoms with E-state index in [1.54, 1.807) is 12.1 Å². The number of hydrogen-bond acceptors (Lipinski definition) is 3. The minimum absolute atomic E-state index is 0.279. The summed E-state index contributed by atoms with van der Waals surface area (Å²) in [6.45, 7) is 1.10. The summed E-state index contributed by atoms with van der Waals surface area (Å²) < 4.78 is 5.77. The Hall–Kier alpha value is -1.15. The normalized spacial score (nSPS) is 11.9. The Morgan fingerprint density at radius 1 is 1.47 bits per heavy atom. The van der Waals surface area contributed by atoms with Gasteiger partial charge >= 0.3 is 5.97 Å². The molecule has 0 fully saturated rings. The molecule has 92 valence electrons. The van der Waals surface area contributed by atoms with Gasteiger partial charge < -0.3 is 15.2 Å². The molecule has 1 amide bonds. The largest absolute Gasteiger partial charge is 0.479 e. The van der Waals surface area contributed by atoms with E-state index in [-0.39, 0.29) is 12.5 Å². The quantitative estimate of drug-likeness (QED) is 0.794. The summed E-state index contributed by atoms with van der Waals surface area (Å²) in [6.07, 6.45) is -0.990. The van der Waals surface area contributed by atoms with Gasteiger partial charge in [-0.25, -0.2) is 4.79 Å². The van der Waals surface area contributed by atoms with Crippen molar-refractivity contribution in [2.45, 2.75) is 13.0 Å². The van der Waals surface area contributed by atoms with E-state index in [1.807, 2.05) is 12.1 Å². The van der Waals surface area contributed by atoms with Gasteiger partial charge in [-0.3, -0.25) is 4.79 Å². The number of hydrogen-bond donors (Lipinski definition) is 2. The van der Waals surface area contributed by atoms with Gasteiger partial charge in [-0.1, -0.05) is 12.1 Å². The van der Waals surface area contributed by atoms with Crippen LogP contribution in [0, 0.1) is 3.57 Å². The zero-order valence-electron chi connectivity index (χ0n) is 9.14. The summed E-state index contributed by atoms with van der Waals surface area (Å²) in [7, 11) is 0. The predicted octanol–water partition coefficient (Wildman–Crippen LogP) is 1.72. The number of rotatable bonds is 5. The molecular formula is C11H12INO4. The zero-order valence-corrected chi connectivity index (χ0v) is 11.3. The van der Waals surface area contributed by atoms with E-state index in [0.29, 0.717) is 5.69 Å². The maximum atomic E-state index is 11.5. The van der Waals surface area contributed by atoms with Crippen molar-refractivity contribution in [3.8, 4) is 0 Å². The van der Waals surface area contributed by atoms with Crippen LogP contribution in [0.1, 0.15) is 6.92 Å². The molecule has 0 spiro atoms. The average Bonchev–Trinajstić information content (AvgIpc) is 2.29. The number of aliphatic carboxylic acids is 1. The molecule has 1 aromatic carbocycles. The standard InChI is InChI=1S/C11H12INO4/c1-7(11(15)16)17-6-10(14)13-9-5-3-2-4-8(9)12/h2-5,7H,6H2,1H3,(H,13,14)(H,15,16)/t7-/m0/s1. The number of halogens is 1. The van der Waals surface area contributed by atoms with Crippen LogP contribution in [-0.2, 0) is 14.3 Å². The summed E-state index contributed by atoms with van der Waals surface area (Å²) >= 11 is 2.10. The minimum atomic E-state index is -1.09. The van der Waals surface area contributed by atoms with Gasteiger partial charge in [0.15, 0.2) is 6.10 Å². The molecule has 0 bridgehead atoms. The molecular weight excluding hydrogens is 337 g/mol. The molecule has 0 aromatic heterocycles. The molecule has 0 unspecified atom stereocenters. The number of benzene rings is 1. The second-order valence-electron chi connectivity index (χ2n) is 3.32. The van der Waals surface area contributed by atoms with Crippen LogP contribution in [0.5, 0.6) is 0 Å². The van der Waals surface area contributed by atoms with Crippen LogP contribution in [0.4, 0.5) is 5.69 Å². The van der Waals surface area contributed by atoms with E-state index < -0.39 is 12.1 Å². The van der Waals surface area contributed by atoms with E-state index >= 15 is 0 Å². The number of anilines is 1. The number of ether oxygens (including phenoxy) is 1. The van der Waals surface area contributed by atoms with Crippen molar-refractivity contribution in [2.24, 2.45) is 0 Å². The molecule has 0 saturated carbocycles. The lowest BCUT2D eigenvalue weighted by atomic mass is 10.3. The lowest BCUT2D eigenvalue weighted by molar-refractivity contribution is -0.150. The molecule has 0 aliphatic rings. The van der Waals surface area contributed by atoms with Crippen molar-refractivity contribution in [3.63, 3.8) is 0 Å². The van der Waals surface area contributed by atoms with Crippen molar-refractivity contribution in [2.75, 3.05) is 11.9 Å². The van der Waals surface area contributed by atoms with Gasteiger partial charge in [0.05, 0.1) is 5.69 Å². The fourth-order valence-corrected chi connectivity index (χ4v) is 1.54. The number of para-hydroxylation sites is 1. The molecule has 5 nitrogen and oxygen atoms in total. The van der Waals surface area contributed by atoms with Crippen LogP contribution >= 0.6 is 22.6 Å². The van der Waals surface area contributed by atoms with E-state index in [2.05, 4.69) is 27.9 Å². The highest BCUT2D eigenvalue weighted by Crippen LogP contribution is 2.16. The average molecular weight is 349 g/mol. The highest BCUT2D eigenvalue weighted by molar-refractivity contribution is 14.1. The third kappa shape index (κ3) is 4.70. The van der Waals surface area contributed by atoms with Gasteiger partial charge in [0.1, 0.15) is 6.61 Å². The Labute approximate surface area is 112 Å². The van der Waals surface area contributed by atoms with Crippen molar-refractivity contribution >= 4 is 40.2 Å². The molecule has 6 heteroatoms. The number of carboxylic acids is 1. The van der Waals surface area contributed by atoms with Crippen LogP contribution in [0.3, 0.4) is 0 Å². The molecule has 0 aliphatic heterocycles. The molecule has 1 aromatic rings. The monoisotopic (exact) mass is 349 g/mol. The van der Waals surface area contributed by atoms with Gasteiger partial charge in [0.25, 0.3) is 0 Å². The summed E-state index contributed by atoms with van der Waals surface area (Å²) in [4.78, 5) is 21.9. The molecule has 0 aliphatic carbocycles. The maximum absolute atomic E-state index is 11.5. The summed E-state index contributed by atoms with van der Waals surface area (Å²) in [5, 5.41) is 11.2. The van der Waals surface area contributed by atoms with E-state index in [1.165, 1.54) is 6.92 Å². The molecule has 17 heavy (non-hydrogen) atoms. The Morgan fingerprint density at radius 2 is 2.12 bits per heavy atom. The molecule has 2 N–H and O–H groups in total. The second-order valence-corrected chi connectivity index (χ2v) is 4.48. The summed E-state index contributed by atoms with van der Waals surface area (Å²) in [5.41, 5.74) is 0.685.